The molecule has 2 rings (SSSR count). The summed E-state index contributed by atoms with van der Waals surface area (Å²) < 4.78 is 18.4. The highest BCUT2D eigenvalue weighted by atomic mass is 19.1. The zero-order valence-corrected chi connectivity index (χ0v) is 15.7. The minimum absolute atomic E-state index is 0.0432. The number of benzene rings is 1. The Kier molecular flexibility index (Phi) is 6.15. The molecule has 0 unspecified atom stereocenters. The van der Waals surface area contributed by atoms with Gasteiger partial charge >= 0.3 is 12.1 Å². The molecule has 7 heteroatoms. The van der Waals surface area contributed by atoms with Crippen LogP contribution in [0.2, 0.25) is 0 Å². The number of hydrogen-bond donors (Lipinski definition) is 2. The number of aliphatic carboxylic acids is 1. The summed E-state index contributed by atoms with van der Waals surface area (Å²) in [4.78, 5) is 27.3. The smallest absolute Gasteiger partial charge is 0.408 e. The summed E-state index contributed by atoms with van der Waals surface area (Å²) >= 11 is 0. The number of rotatable bonds is 5. The summed E-state index contributed by atoms with van der Waals surface area (Å²) in [5.41, 5.74) is 2.08. The minimum Gasteiger partial charge on any atom is -0.480 e. The maximum Gasteiger partial charge on any atom is 0.408 e. The average Bonchev–Trinajstić information content (AvgIpc) is 2.53. The lowest BCUT2D eigenvalue weighted by atomic mass is 9.94. The number of nitrogens with one attached hydrogen (secondary N) is 1. The van der Waals surface area contributed by atoms with Gasteiger partial charge in [-0.3, -0.25) is 0 Å². The number of alkyl carbamates (subject to hydrolysis) is 1. The Balaban J connectivity index is 2.29. The largest absolute Gasteiger partial charge is 0.480 e. The maximum absolute atomic E-state index is 13.3. The van der Waals surface area contributed by atoms with Gasteiger partial charge in [0.15, 0.2) is 0 Å². The van der Waals surface area contributed by atoms with Crippen molar-refractivity contribution in [2.45, 2.75) is 45.8 Å². The monoisotopic (exact) mass is 374 g/mol. The van der Waals surface area contributed by atoms with Crippen LogP contribution < -0.4 is 5.32 Å². The van der Waals surface area contributed by atoms with E-state index in [9.17, 15) is 19.1 Å². The van der Waals surface area contributed by atoms with Crippen LogP contribution in [0.5, 0.6) is 0 Å². The second-order valence-corrected chi connectivity index (χ2v) is 7.22. The fourth-order valence-corrected chi connectivity index (χ4v) is 2.63. The van der Waals surface area contributed by atoms with Crippen LogP contribution >= 0.6 is 0 Å². The van der Waals surface area contributed by atoms with Gasteiger partial charge in [0.1, 0.15) is 11.6 Å². The van der Waals surface area contributed by atoms with Crippen molar-refractivity contribution < 1.29 is 23.8 Å². The molecule has 1 aromatic heterocycles. The minimum atomic E-state index is -1.18. The van der Waals surface area contributed by atoms with E-state index in [0.717, 1.165) is 5.56 Å². The van der Waals surface area contributed by atoms with Crippen molar-refractivity contribution in [3.8, 4) is 11.1 Å². The third kappa shape index (κ3) is 5.77. The number of aryl methyl sites for hydroxylation is 1. The molecule has 0 bridgehead atoms. The van der Waals surface area contributed by atoms with Crippen molar-refractivity contribution >= 4 is 12.1 Å². The Morgan fingerprint density at radius 3 is 2.52 bits per heavy atom. The Labute approximate surface area is 157 Å². The molecule has 0 aliphatic rings. The quantitative estimate of drug-likeness (QED) is 0.779. The molecule has 1 amide bonds. The predicted octanol–water partition coefficient (Wildman–Crippen LogP) is 3.72. The molecule has 0 spiro atoms. The van der Waals surface area contributed by atoms with E-state index in [-0.39, 0.29) is 6.42 Å². The number of pyridine rings is 1. The lowest BCUT2D eigenvalue weighted by Gasteiger charge is -2.22. The van der Waals surface area contributed by atoms with Crippen LogP contribution in [0.1, 0.15) is 31.9 Å². The SMILES string of the molecule is Cc1cc(F)ncc1-c1ccccc1C[C@H](NC(=O)OC(C)(C)C)C(=O)O. The Hall–Kier alpha value is -2.96. The molecule has 1 atom stereocenters. The third-order valence-electron chi connectivity index (χ3n) is 3.80. The van der Waals surface area contributed by atoms with Gasteiger partial charge in [0.05, 0.1) is 0 Å². The van der Waals surface area contributed by atoms with Crippen molar-refractivity contribution in [2.75, 3.05) is 0 Å². The number of carboxylic acids is 1. The van der Waals surface area contributed by atoms with Gasteiger partial charge in [-0.25, -0.2) is 14.6 Å². The summed E-state index contributed by atoms with van der Waals surface area (Å²) in [5.74, 6) is -1.76. The van der Waals surface area contributed by atoms with Gasteiger partial charge in [-0.05, 0) is 50.5 Å². The van der Waals surface area contributed by atoms with Crippen LogP contribution in [0.4, 0.5) is 9.18 Å². The van der Waals surface area contributed by atoms with Crippen molar-refractivity contribution in [3.05, 3.63) is 53.6 Å². The number of carboxylic acid groups (broad SMARTS) is 1. The van der Waals surface area contributed by atoms with Crippen molar-refractivity contribution in [1.29, 1.82) is 0 Å². The summed E-state index contributed by atoms with van der Waals surface area (Å²) in [5, 5.41) is 11.9. The number of halogens is 1. The van der Waals surface area contributed by atoms with Crippen LogP contribution in [-0.4, -0.2) is 33.8 Å². The molecule has 0 saturated carbocycles. The van der Waals surface area contributed by atoms with E-state index in [4.69, 9.17) is 4.74 Å². The summed E-state index contributed by atoms with van der Waals surface area (Å²) in [6, 6.07) is 7.31. The Bertz CT molecular complexity index is 846. The fraction of sp³-hybridized carbons (Fsp3) is 0.350. The van der Waals surface area contributed by atoms with Gasteiger partial charge in [-0.1, -0.05) is 24.3 Å². The maximum atomic E-state index is 13.3. The zero-order valence-electron chi connectivity index (χ0n) is 15.7. The van der Waals surface area contributed by atoms with Crippen molar-refractivity contribution in [1.82, 2.24) is 10.3 Å². The second kappa shape index (κ2) is 8.16. The second-order valence-electron chi connectivity index (χ2n) is 7.22. The number of nitrogens with zero attached hydrogens (tertiary/aromatic N) is 1. The molecule has 2 aromatic rings. The number of ether oxygens (including phenoxy) is 1. The summed E-state index contributed by atoms with van der Waals surface area (Å²) in [6.45, 7) is 6.84. The first kappa shape index (κ1) is 20.4. The van der Waals surface area contributed by atoms with Crippen molar-refractivity contribution in [2.24, 2.45) is 0 Å². The lowest BCUT2D eigenvalue weighted by molar-refractivity contribution is -0.139. The topological polar surface area (TPSA) is 88.5 Å². The molecule has 0 saturated heterocycles. The number of carbonyl (C=O) groups is 2. The van der Waals surface area contributed by atoms with Gasteiger partial charge in [0, 0.05) is 18.2 Å². The number of aromatic nitrogens is 1. The van der Waals surface area contributed by atoms with E-state index in [1.165, 1.54) is 12.3 Å². The summed E-state index contributed by atoms with van der Waals surface area (Å²) in [7, 11) is 0. The first-order valence-corrected chi connectivity index (χ1v) is 8.49. The highest BCUT2D eigenvalue weighted by Crippen LogP contribution is 2.27. The number of carbonyl (C=O) groups excluding carboxylic acids is 1. The molecular formula is C20H23FN2O4. The molecule has 6 nitrogen and oxygen atoms in total. The van der Waals surface area contributed by atoms with E-state index in [2.05, 4.69) is 10.3 Å². The molecule has 0 aliphatic heterocycles. The average molecular weight is 374 g/mol. The zero-order chi connectivity index (χ0) is 20.2. The van der Waals surface area contributed by atoms with Crippen LogP contribution in [0.25, 0.3) is 11.1 Å². The normalized spacial score (nSPS) is 12.3. The third-order valence-corrected chi connectivity index (χ3v) is 3.80. The standard InChI is InChI=1S/C20H23FN2O4/c1-12-9-17(21)22-11-15(12)14-8-6-5-7-13(14)10-16(18(24)25)23-19(26)27-20(2,3)4/h5-9,11,16H,10H2,1-4H3,(H,23,26)(H,24,25)/t16-/m0/s1. The predicted molar refractivity (Wildman–Crippen MR) is 98.9 cm³/mol. The van der Waals surface area contributed by atoms with Gasteiger partial charge in [-0.15, -0.1) is 0 Å². The first-order chi connectivity index (χ1) is 12.6. The van der Waals surface area contributed by atoms with E-state index in [0.29, 0.717) is 16.7 Å². The molecule has 27 heavy (non-hydrogen) atoms. The molecule has 0 aliphatic carbocycles. The van der Waals surface area contributed by atoms with Crippen molar-refractivity contribution in [3.63, 3.8) is 0 Å². The molecule has 0 radical (unpaired) electrons. The first-order valence-electron chi connectivity index (χ1n) is 8.49. The van der Waals surface area contributed by atoms with E-state index in [1.54, 1.807) is 45.9 Å². The summed E-state index contributed by atoms with van der Waals surface area (Å²) in [6.07, 6.45) is 0.661. The molecule has 1 aromatic carbocycles. The highest BCUT2D eigenvalue weighted by molar-refractivity contribution is 5.81. The fourth-order valence-electron chi connectivity index (χ4n) is 2.63. The number of amides is 1. The van der Waals surface area contributed by atoms with Crippen LogP contribution in [0.15, 0.2) is 36.5 Å². The highest BCUT2D eigenvalue weighted by Gasteiger charge is 2.25. The van der Waals surface area contributed by atoms with Crippen LogP contribution in [-0.2, 0) is 16.0 Å². The molecular weight excluding hydrogens is 351 g/mol. The molecule has 0 fully saturated rings. The molecule has 144 valence electrons. The van der Waals surface area contributed by atoms with E-state index in [1.807, 2.05) is 6.07 Å². The van der Waals surface area contributed by atoms with Crippen LogP contribution in [0.3, 0.4) is 0 Å². The van der Waals surface area contributed by atoms with E-state index >= 15 is 0 Å². The van der Waals surface area contributed by atoms with Gasteiger partial charge in [-0.2, -0.15) is 4.39 Å². The van der Waals surface area contributed by atoms with Crippen LogP contribution in [0, 0.1) is 12.9 Å². The van der Waals surface area contributed by atoms with Gasteiger partial charge < -0.3 is 15.2 Å². The lowest BCUT2D eigenvalue weighted by Crippen LogP contribution is -2.44. The molecule has 1 heterocycles. The molecule has 2 N–H and O–H groups in total. The van der Waals surface area contributed by atoms with E-state index < -0.39 is 29.7 Å². The van der Waals surface area contributed by atoms with Gasteiger partial charge in [0.25, 0.3) is 0 Å². The Morgan fingerprint density at radius 1 is 1.26 bits per heavy atom. The van der Waals surface area contributed by atoms with Gasteiger partial charge in [0.2, 0.25) is 5.95 Å². The Morgan fingerprint density at radius 2 is 1.93 bits per heavy atom. The number of hydrogen-bond acceptors (Lipinski definition) is 4.